The van der Waals surface area contributed by atoms with Crippen LogP contribution in [0.3, 0.4) is 0 Å². The molecule has 0 fully saturated rings. The van der Waals surface area contributed by atoms with Crippen molar-refractivity contribution in [2.75, 3.05) is 10.7 Å². The maximum Gasteiger partial charge on any atom is 0.255 e. The van der Waals surface area contributed by atoms with Crippen LogP contribution < -0.4 is 16.6 Å². The van der Waals surface area contributed by atoms with Crippen LogP contribution in [0.2, 0.25) is 0 Å². The van der Waals surface area contributed by atoms with E-state index >= 15 is 0 Å². The highest BCUT2D eigenvalue weighted by Crippen LogP contribution is 2.15. The number of nitrogens with one attached hydrogen (secondary N) is 2. The van der Waals surface area contributed by atoms with E-state index < -0.39 is 0 Å². The number of nitrogen functional groups attached to an aromatic ring is 1. The maximum atomic E-state index is 13.2. The number of aryl methyl sites for hydroxylation is 1. The summed E-state index contributed by atoms with van der Waals surface area (Å²) in [5, 5.41) is 2.65. The second kappa shape index (κ2) is 5.49. The van der Waals surface area contributed by atoms with Crippen LogP contribution in [0.1, 0.15) is 15.9 Å². The van der Waals surface area contributed by atoms with Gasteiger partial charge in [0.1, 0.15) is 5.82 Å². The fourth-order valence-corrected chi connectivity index (χ4v) is 1.73. The molecule has 0 aromatic heterocycles. The Balaban J connectivity index is 2.15. The highest BCUT2D eigenvalue weighted by atomic mass is 19.1. The van der Waals surface area contributed by atoms with Crippen molar-refractivity contribution in [3.63, 3.8) is 0 Å². The van der Waals surface area contributed by atoms with Crippen LogP contribution >= 0.6 is 0 Å². The minimum atomic E-state index is -0.377. The fraction of sp³-hybridized carbons (Fsp3) is 0.0714. The molecule has 0 saturated heterocycles. The molecule has 0 aliphatic carbocycles. The topological polar surface area (TPSA) is 67.2 Å². The zero-order chi connectivity index (χ0) is 13.8. The first-order chi connectivity index (χ1) is 9.08. The van der Waals surface area contributed by atoms with E-state index in [1.54, 1.807) is 37.3 Å². The largest absolute Gasteiger partial charge is 0.324 e. The van der Waals surface area contributed by atoms with Gasteiger partial charge in [-0.3, -0.25) is 10.6 Å². The number of halogens is 1. The van der Waals surface area contributed by atoms with Crippen molar-refractivity contribution in [3.05, 3.63) is 59.4 Å². The average Bonchev–Trinajstić information content (AvgIpc) is 2.37. The molecule has 19 heavy (non-hydrogen) atoms. The Hall–Kier alpha value is -2.40. The number of amides is 1. The molecule has 2 rings (SSSR count). The number of hydrazine groups is 1. The predicted octanol–water partition coefficient (Wildman–Crippen LogP) is 2.67. The highest BCUT2D eigenvalue weighted by molar-refractivity contribution is 6.04. The van der Waals surface area contributed by atoms with Crippen LogP contribution in [-0.2, 0) is 0 Å². The van der Waals surface area contributed by atoms with Crippen LogP contribution in [0.4, 0.5) is 15.8 Å². The number of benzene rings is 2. The van der Waals surface area contributed by atoms with Gasteiger partial charge in [0.2, 0.25) is 0 Å². The molecule has 4 nitrogen and oxygen atoms in total. The van der Waals surface area contributed by atoms with Gasteiger partial charge in [-0.25, -0.2) is 4.39 Å². The summed E-state index contributed by atoms with van der Waals surface area (Å²) in [7, 11) is 0. The molecule has 0 aliphatic heterocycles. The van der Waals surface area contributed by atoms with Crippen LogP contribution in [0.5, 0.6) is 0 Å². The number of nitrogens with two attached hydrogens (primary N) is 1. The first-order valence-electron chi connectivity index (χ1n) is 5.74. The van der Waals surface area contributed by atoms with Crippen molar-refractivity contribution in [1.82, 2.24) is 0 Å². The molecule has 0 radical (unpaired) electrons. The third-order valence-corrected chi connectivity index (χ3v) is 2.61. The summed E-state index contributed by atoms with van der Waals surface area (Å²) in [5.74, 6) is 4.57. The van der Waals surface area contributed by atoms with Gasteiger partial charge < -0.3 is 10.7 Å². The Morgan fingerprint density at radius 2 is 1.79 bits per heavy atom. The first-order valence-corrected chi connectivity index (χ1v) is 5.74. The average molecular weight is 259 g/mol. The van der Waals surface area contributed by atoms with Gasteiger partial charge >= 0.3 is 0 Å². The molecule has 5 heteroatoms. The Labute approximate surface area is 110 Å². The number of rotatable bonds is 3. The van der Waals surface area contributed by atoms with Crippen molar-refractivity contribution < 1.29 is 9.18 Å². The summed E-state index contributed by atoms with van der Waals surface area (Å²) in [6.07, 6.45) is 0. The summed E-state index contributed by atoms with van der Waals surface area (Å²) in [6.45, 7) is 1.76. The van der Waals surface area contributed by atoms with Crippen molar-refractivity contribution in [1.29, 1.82) is 0 Å². The number of anilines is 2. The van der Waals surface area contributed by atoms with Gasteiger partial charge in [-0.2, -0.15) is 0 Å². The van der Waals surface area contributed by atoms with Crippen LogP contribution in [0, 0.1) is 12.7 Å². The van der Waals surface area contributed by atoms with Crippen molar-refractivity contribution in [2.24, 2.45) is 5.84 Å². The zero-order valence-electron chi connectivity index (χ0n) is 10.4. The normalized spacial score (nSPS) is 10.1. The lowest BCUT2D eigenvalue weighted by Gasteiger charge is -2.07. The van der Waals surface area contributed by atoms with E-state index in [2.05, 4.69) is 10.7 Å². The summed E-state index contributed by atoms with van der Waals surface area (Å²) in [5.41, 5.74) is 4.84. The standard InChI is InChI=1S/C14H14FN3O/c1-9-6-11(15)8-13(7-9)17-14(19)10-2-4-12(18-16)5-3-10/h2-8,18H,16H2,1H3,(H,17,19). The zero-order valence-corrected chi connectivity index (χ0v) is 10.4. The summed E-state index contributed by atoms with van der Waals surface area (Å²) < 4.78 is 13.2. The number of carbonyl (C=O) groups is 1. The lowest BCUT2D eigenvalue weighted by molar-refractivity contribution is 0.102. The molecule has 0 atom stereocenters. The van der Waals surface area contributed by atoms with Gasteiger partial charge in [0.25, 0.3) is 5.91 Å². The second-order valence-electron chi connectivity index (χ2n) is 4.19. The molecule has 2 aromatic rings. The van der Waals surface area contributed by atoms with E-state index in [-0.39, 0.29) is 11.7 Å². The fourth-order valence-electron chi connectivity index (χ4n) is 1.73. The van der Waals surface area contributed by atoms with E-state index in [1.165, 1.54) is 12.1 Å². The van der Waals surface area contributed by atoms with E-state index in [4.69, 9.17) is 5.84 Å². The third kappa shape index (κ3) is 3.29. The van der Waals surface area contributed by atoms with E-state index in [0.717, 1.165) is 5.56 Å². The van der Waals surface area contributed by atoms with E-state index in [9.17, 15) is 9.18 Å². The van der Waals surface area contributed by atoms with Crippen LogP contribution in [0.25, 0.3) is 0 Å². The quantitative estimate of drug-likeness (QED) is 0.586. The monoisotopic (exact) mass is 259 g/mol. The number of hydrogen-bond acceptors (Lipinski definition) is 3. The van der Waals surface area contributed by atoms with Crippen molar-refractivity contribution >= 4 is 17.3 Å². The van der Waals surface area contributed by atoms with Crippen LogP contribution in [-0.4, -0.2) is 5.91 Å². The number of hydrogen-bond donors (Lipinski definition) is 3. The molecule has 98 valence electrons. The third-order valence-electron chi connectivity index (χ3n) is 2.61. The van der Waals surface area contributed by atoms with Gasteiger partial charge in [0.05, 0.1) is 0 Å². The smallest absolute Gasteiger partial charge is 0.255 e. The lowest BCUT2D eigenvalue weighted by Crippen LogP contribution is -2.12. The highest BCUT2D eigenvalue weighted by Gasteiger charge is 2.07. The van der Waals surface area contributed by atoms with Gasteiger partial charge in [0, 0.05) is 16.9 Å². The Kier molecular flexibility index (Phi) is 3.77. The summed E-state index contributed by atoms with van der Waals surface area (Å²) in [6, 6.07) is 11.0. The molecule has 0 unspecified atom stereocenters. The van der Waals surface area contributed by atoms with Crippen molar-refractivity contribution in [2.45, 2.75) is 6.92 Å². The molecule has 0 bridgehead atoms. The summed E-state index contributed by atoms with van der Waals surface area (Å²) in [4.78, 5) is 12.0. The molecule has 0 heterocycles. The lowest BCUT2D eigenvalue weighted by atomic mass is 10.1. The van der Waals surface area contributed by atoms with Gasteiger partial charge in [-0.05, 0) is 55.0 Å². The van der Waals surface area contributed by atoms with E-state index in [0.29, 0.717) is 16.9 Å². The minimum Gasteiger partial charge on any atom is -0.324 e. The Morgan fingerprint density at radius 1 is 1.11 bits per heavy atom. The van der Waals surface area contributed by atoms with Crippen molar-refractivity contribution in [3.8, 4) is 0 Å². The second-order valence-corrected chi connectivity index (χ2v) is 4.19. The SMILES string of the molecule is Cc1cc(F)cc(NC(=O)c2ccc(NN)cc2)c1. The molecular formula is C14H14FN3O. The minimum absolute atomic E-state index is 0.298. The summed E-state index contributed by atoms with van der Waals surface area (Å²) >= 11 is 0. The maximum absolute atomic E-state index is 13.2. The Bertz CT molecular complexity index is 576. The molecule has 0 saturated carbocycles. The molecule has 4 N–H and O–H groups in total. The Morgan fingerprint density at radius 3 is 2.37 bits per heavy atom. The van der Waals surface area contributed by atoms with Crippen LogP contribution in [0.15, 0.2) is 42.5 Å². The first kappa shape index (κ1) is 13.0. The van der Waals surface area contributed by atoms with Gasteiger partial charge in [-0.1, -0.05) is 0 Å². The van der Waals surface area contributed by atoms with Gasteiger partial charge in [-0.15, -0.1) is 0 Å². The predicted molar refractivity (Wildman–Crippen MR) is 73.3 cm³/mol. The molecular weight excluding hydrogens is 245 g/mol. The number of carbonyl (C=O) groups excluding carboxylic acids is 1. The van der Waals surface area contributed by atoms with Gasteiger partial charge in [0.15, 0.2) is 0 Å². The molecule has 1 amide bonds. The molecule has 0 spiro atoms. The molecule has 2 aromatic carbocycles. The molecule has 0 aliphatic rings. The van der Waals surface area contributed by atoms with E-state index in [1.807, 2.05) is 0 Å².